The van der Waals surface area contributed by atoms with E-state index in [0.29, 0.717) is 0 Å². The molecule has 0 radical (unpaired) electrons. The molecule has 0 aromatic carbocycles. The Morgan fingerprint density at radius 1 is 0.667 bits per heavy atom. The topological polar surface area (TPSA) is 26.0 Å². The van der Waals surface area contributed by atoms with Crippen LogP contribution in [-0.4, -0.2) is 6.54 Å². The quantitative estimate of drug-likeness (QED) is 0.346. The van der Waals surface area contributed by atoms with E-state index in [4.69, 9.17) is 5.73 Å². The Morgan fingerprint density at radius 2 is 1.22 bits per heavy atom. The lowest BCUT2D eigenvalue weighted by Gasteiger charge is -1.98. The summed E-state index contributed by atoms with van der Waals surface area (Å²) in [5.41, 5.74) is 5.46. The van der Waals surface area contributed by atoms with Gasteiger partial charge >= 0.3 is 0 Å². The van der Waals surface area contributed by atoms with E-state index in [1.807, 2.05) is 0 Å². The lowest BCUT2D eigenvalue weighted by atomic mass is 10.1. The van der Waals surface area contributed by atoms with Gasteiger partial charge in [-0.2, -0.15) is 0 Å². The molecule has 0 heterocycles. The maximum absolute atomic E-state index is 5.46. The van der Waals surface area contributed by atoms with Gasteiger partial charge in [0.05, 0.1) is 0 Å². The Hall–Kier alpha value is -0.560. The maximum Gasteiger partial charge on any atom is -0.00773 e. The molecule has 0 saturated carbocycles. The van der Waals surface area contributed by atoms with Crippen LogP contribution in [-0.2, 0) is 0 Å². The average molecular weight is 251 g/mol. The Labute approximate surface area is 115 Å². The summed E-state index contributed by atoms with van der Waals surface area (Å²) in [7, 11) is 0. The second kappa shape index (κ2) is 16.4. The highest BCUT2D eigenvalue weighted by Gasteiger charge is 1.89. The largest absolute Gasteiger partial charge is 0.330 e. The highest BCUT2D eigenvalue weighted by Crippen LogP contribution is 2.07. The van der Waals surface area contributed by atoms with Crippen molar-refractivity contribution < 1.29 is 0 Å². The van der Waals surface area contributed by atoms with Gasteiger partial charge in [-0.1, -0.05) is 69.8 Å². The number of nitrogens with two attached hydrogens (primary N) is 1. The molecular weight excluding hydrogens is 218 g/mol. The molecule has 1 nitrogen and oxygen atoms in total. The summed E-state index contributed by atoms with van der Waals surface area (Å²) < 4.78 is 0. The number of hydrogen-bond donors (Lipinski definition) is 1. The zero-order chi connectivity index (χ0) is 13.3. The van der Waals surface area contributed by atoms with Gasteiger partial charge in [0.15, 0.2) is 0 Å². The smallest absolute Gasteiger partial charge is 0.00773 e. The fraction of sp³-hybridized carbons (Fsp3) is 0.765. The molecule has 2 N–H and O–H groups in total. The van der Waals surface area contributed by atoms with Crippen molar-refractivity contribution in [1.82, 2.24) is 0 Å². The molecule has 106 valence electrons. The zero-order valence-corrected chi connectivity index (χ0v) is 12.4. The molecule has 0 unspecified atom stereocenters. The van der Waals surface area contributed by atoms with Gasteiger partial charge in [0.2, 0.25) is 0 Å². The molecular formula is C17H33N. The Morgan fingerprint density at radius 3 is 1.83 bits per heavy atom. The van der Waals surface area contributed by atoms with Crippen LogP contribution in [0.2, 0.25) is 0 Å². The molecule has 0 saturated heterocycles. The van der Waals surface area contributed by atoms with Gasteiger partial charge in [0, 0.05) is 0 Å². The monoisotopic (exact) mass is 251 g/mol. The Balaban J connectivity index is 3.11. The number of hydrogen-bond acceptors (Lipinski definition) is 1. The highest BCUT2D eigenvalue weighted by molar-refractivity contribution is 4.92. The molecule has 0 bridgehead atoms. The number of rotatable bonds is 13. The van der Waals surface area contributed by atoms with Gasteiger partial charge in [-0.05, 0) is 38.6 Å². The molecule has 0 aliphatic heterocycles. The van der Waals surface area contributed by atoms with Crippen molar-refractivity contribution in [3.8, 4) is 0 Å². The fourth-order valence-electron chi connectivity index (χ4n) is 1.94. The first-order valence-corrected chi connectivity index (χ1v) is 7.92. The normalized spacial score (nSPS) is 11.9. The van der Waals surface area contributed by atoms with Crippen molar-refractivity contribution >= 4 is 0 Å². The highest BCUT2D eigenvalue weighted by atomic mass is 14.5. The summed E-state index contributed by atoms with van der Waals surface area (Å²) in [4.78, 5) is 0. The van der Waals surface area contributed by atoms with E-state index in [9.17, 15) is 0 Å². The molecule has 0 aliphatic rings. The van der Waals surface area contributed by atoms with Crippen LogP contribution in [0, 0.1) is 0 Å². The second-order valence-corrected chi connectivity index (χ2v) is 5.02. The summed E-state index contributed by atoms with van der Waals surface area (Å²) in [5.74, 6) is 0. The van der Waals surface area contributed by atoms with Gasteiger partial charge in [-0.3, -0.25) is 0 Å². The summed E-state index contributed by atoms with van der Waals surface area (Å²) in [5, 5.41) is 0. The minimum Gasteiger partial charge on any atom is -0.330 e. The average Bonchev–Trinajstić information content (AvgIpc) is 2.39. The van der Waals surface area contributed by atoms with Crippen LogP contribution in [0.3, 0.4) is 0 Å². The van der Waals surface area contributed by atoms with Crippen molar-refractivity contribution in [3.63, 3.8) is 0 Å². The van der Waals surface area contributed by atoms with E-state index in [1.54, 1.807) is 0 Å². The van der Waals surface area contributed by atoms with Crippen molar-refractivity contribution in [2.24, 2.45) is 5.73 Å². The van der Waals surface area contributed by atoms with Gasteiger partial charge in [-0.25, -0.2) is 0 Å². The van der Waals surface area contributed by atoms with Crippen LogP contribution in [0.15, 0.2) is 24.3 Å². The van der Waals surface area contributed by atoms with E-state index >= 15 is 0 Å². The summed E-state index contributed by atoms with van der Waals surface area (Å²) in [6.45, 7) is 3.10. The predicted molar refractivity (Wildman–Crippen MR) is 83.8 cm³/mol. The molecule has 0 fully saturated rings. The van der Waals surface area contributed by atoms with E-state index in [1.165, 1.54) is 64.2 Å². The molecule has 18 heavy (non-hydrogen) atoms. The Kier molecular flexibility index (Phi) is 15.9. The predicted octanol–water partition coefficient (Wildman–Crippen LogP) is 5.37. The summed E-state index contributed by atoms with van der Waals surface area (Å²) in [6, 6.07) is 0. The van der Waals surface area contributed by atoms with E-state index in [0.717, 1.165) is 13.0 Å². The number of unbranched alkanes of at least 4 members (excludes halogenated alkanes) is 8. The number of allylic oxidation sites excluding steroid dienone is 4. The molecule has 0 atom stereocenters. The fourth-order valence-corrected chi connectivity index (χ4v) is 1.94. The minimum atomic E-state index is 0.856. The van der Waals surface area contributed by atoms with E-state index in [-0.39, 0.29) is 0 Å². The van der Waals surface area contributed by atoms with Gasteiger partial charge in [-0.15, -0.1) is 0 Å². The minimum absolute atomic E-state index is 0.856. The summed E-state index contributed by atoms with van der Waals surface area (Å²) in [6.07, 6.45) is 23.4. The van der Waals surface area contributed by atoms with Crippen LogP contribution in [0.5, 0.6) is 0 Å². The first-order valence-electron chi connectivity index (χ1n) is 7.92. The lowest BCUT2D eigenvalue weighted by Crippen LogP contribution is -1.97. The first kappa shape index (κ1) is 17.4. The van der Waals surface area contributed by atoms with Gasteiger partial charge in [0.1, 0.15) is 0 Å². The zero-order valence-electron chi connectivity index (χ0n) is 12.4. The van der Waals surface area contributed by atoms with Crippen molar-refractivity contribution in [2.45, 2.75) is 77.6 Å². The summed E-state index contributed by atoms with van der Waals surface area (Å²) >= 11 is 0. The lowest BCUT2D eigenvalue weighted by molar-refractivity contribution is 0.600. The first-order chi connectivity index (χ1) is 8.91. The molecule has 1 heteroatoms. The van der Waals surface area contributed by atoms with Gasteiger partial charge in [0.25, 0.3) is 0 Å². The van der Waals surface area contributed by atoms with Crippen molar-refractivity contribution in [3.05, 3.63) is 24.3 Å². The maximum atomic E-state index is 5.46. The van der Waals surface area contributed by atoms with E-state index < -0.39 is 0 Å². The van der Waals surface area contributed by atoms with Crippen LogP contribution >= 0.6 is 0 Å². The third-order valence-electron chi connectivity index (χ3n) is 3.15. The van der Waals surface area contributed by atoms with Crippen molar-refractivity contribution in [2.75, 3.05) is 6.54 Å². The standard InChI is InChI=1S/C17H33N/c1-2-3-4-5-6-7-8-9-10-11-12-13-14-15-16-17-18/h5-6,8-9H,2-4,7,10-18H2,1H3/b6-5-,9-8-. The molecule has 0 spiro atoms. The van der Waals surface area contributed by atoms with Crippen LogP contribution in [0.4, 0.5) is 0 Å². The third kappa shape index (κ3) is 15.4. The molecule has 0 aromatic heterocycles. The second-order valence-electron chi connectivity index (χ2n) is 5.02. The van der Waals surface area contributed by atoms with Crippen molar-refractivity contribution in [1.29, 1.82) is 0 Å². The van der Waals surface area contributed by atoms with Crippen LogP contribution in [0.1, 0.15) is 77.6 Å². The van der Waals surface area contributed by atoms with Gasteiger partial charge < -0.3 is 5.73 Å². The van der Waals surface area contributed by atoms with E-state index in [2.05, 4.69) is 31.2 Å². The van der Waals surface area contributed by atoms with Crippen LogP contribution in [0.25, 0.3) is 0 Å². The SMILES string of the molecule is CCCC/C=C\C/C=C\CCCCCCCCN. The Bertz CT molecular complexity index is 194. The molecule has 0 aliphatic carbocycles. The third-order valence-corrected chi connectivity index (χ3v) is 3.15. The van der Waals surface area contributed by atoms with Crippen LogP contribution < -0.4 is 5.73 Å². The molecule has 0 amide bonds. The molecule has 0 rings (SSSR count). The molecule has 0 aromatic rings.